The Bertz CT molecular complexity index is 967. The molecule has 31 heavy (non-hydrogen) atoms. The number of alkyl carbamates (subject to hydrolysis) is 1. The van der Waals surface area contributed by atoms with Gasteiger partial charge in [0.2, 0.25) is 11.8 Å². The van der Waals surface area contributed by atoms with Gasteiger partial charge in [0.15, 0.2) is 0 Å². The molecule has 0 unspecified atom stereocenters. The Kier molecular flexibility index (Phi) is 8.63. The lowest BCUT2D eigenvalue weighted by Crippen LogP contribution is -2.37. The van der Waals surface area contributed by atoms with Gasteiger partial charge in [-0.1, -0.05) is 48.0 Å². The summed E-state index contributed by atoms with van der Waals surface area (Å²) in [5.74, 6) is -0.712. The Morgan fingerprint density at radius 1 is 1.00 bits per heavy atom. The van der Waals surface area contributed by atoms with Crippen LogP contribution in [-0.2, 0) is 20.9 Å². The van der Waals surface area contributed by atoms with Crippen LogP contribution in [0, 0.1) is 0 Å². The summed E-state index contributed by atoms with van der Waals surface area (Å²) in [5.41, 5.74) is 1.34. The van der Waals surface area contributed by atoms with Crippen molar-refractivity contribution >= 4 is 41.3 Å². The van der Waals surface area contributed by atoms with Gasteiger partial charge in [-0.25, -0.2) is 4.79 Å². The largest absolute Gasteiger partial charge is 0.444 e. The number of nitrogens with one attached hydrogen (secondary N) is 3. The van der Waals surface area contributed by atoms with Crippen LogP contribution in [0.4, 0.5) is 10.5 Å². The summed E-state index contributed by atoms with van der Waals surface area (Å²) >= 11 is 6.07. The summed E-state index contributed by atoms with van der Waals surface area (Å²) in [4.78, 5) is 36.0. The van der Waals surface area contributed by atoms with Crippen molar-refractivity contribution in [1.82, 2.24) is 10.6 Å². The second kappa shape index (κ2) is 11.2. The summed E-state index contributed by atoms with van der Waals surface area (Å²) in [6, 6.07) is 14.3. The molecule has 8 heteroatoms. The van der Waals surface area contributed by atoms with Crippen molar-refractivity contribution in [2.75, 3.05) is 11.9 Å². The van der Waals surface area contributed by atoms with Gasteiger partial charge in [0.05, 0.1) is 0 Å². The Labute approximate surface area is 186 Å². The summed E-state index contributed by atoms with van der Waals surface area (Å²) in [5, 5.41) is 8.45. The van der Waals surface area contributed by atoms with Crippen LogP contribution in [-0.4, -0.2) is 30.1 Å². The van der Waals surface area contributed by atoms with Crippen molar-refractivity contribution in [1.29, 1.82) is 0 Å². The SMILES string of the molecule is CC(C)(C)OC(=O)NCC(=O)Nc1ccccc1CNC(=O)/C=C/c1ccccc1Cl. The maximum absolute atomic E-state index is 12.2. The molecule has 0 aromatic heterocycles. The van der Waals surface area contributed by atoms with Crippen LogP contribution in [0.5, 0.6) is 0 Å². The second-order valence-corrected chi connectivity index (χ2v) is 8.04. The van der Waals surface area contributed by atoms with Crippen LogP contribution in [0.15, 0.2) is 54.6 Å². The molecular weight excluding hydrogens is 418 g/mol. The fourth-order valence-electron chi connectivity index (χ4n) is 2.47. The molecule has 0 aliphatic carbocycles. The number of rotatable bonds is 7. The van der Waals surface area contributed by atoms with Gasteiger partial charge in [0.1, 0.15) is 12.1 Å². The van der Waals surface area contributed by atoms with Gasteiger partial charge in [-0.05, 0) is 50.1 Å². The van der Waals surface area contributed by atoms with E-state index < -0.39 is 17.6 Å². The van der Waals surface area contributed by atoms with E-state index >= 15 is 0 Å². The van der Waals surface area contributed by atoms with Crippen molar-refractivity contribution in [3.63, 3.8) is 0 Å². The second-order valence-electron chi connectivity index (χ2n) is 7.63. The van der Waals surface area contributed by atoms with Crippen LogP contribution in [0.1, 0.15) is 31.9 Å². The Morgan fingerprint density at radius 2 is 1.68 bits per heavy atom. The van der Waals surface area contributed by atoms with E-state index in [-0.39, 0.29) is 19.0 Å². The zero-order chi connectivity index (χ0) is 22.9. The fraction of sp³-hybridized carbons (Fsp3) is 0.261. The van der Waals surface area contributed by atoms with Gasteiger partial charge in [-0.3, -0.25) is 9.59 Å². The van der Waals surface area contributed by atoms with Crippen molar-refractivity contribution in [2.24, 2.45) is 0 Å². The number of hydrogen-bond donors (Lipinski definition) is 3. The third-order valence-electron chi connectivity index (χ3n) is 3.86. The summed E-state index contributed by atoms with van der Waals surface area (Å²) in [7, 11) is 0. The maximum atomic E-state index is 12.2. The molecule has 0 heterocycles. The zero-order valence-electron chi connectivity index (χ0n) is 17.7. The predicted molar refractivity (Wildman–Crippen MR) is 122 cm³/mol. The third-order valence-corrected chi connectivity index (χ3v) is 4.20. The molecule has 7 nitrogen and oxygen atoms in total. The molecule has 2 rings (SSSR count). The van der Waals surface area contributed by atoms with Gasteiger partial charge in [0, 0.05) is 23.3 Å². The summed E-state index contributed by atoms with van der Waals surface area (Å²) in [6.07, 6.45) is 2.36. The van der Waals surface area contributed by atoms with Crippen molar-refractivity contribution in [3.8, 4) is 0 Å². The molecule has 3 N–H and O–H groups in total. The number of benzene rings is 2. The lowest BCUT2D eigenvalue weighted by atomic mass is 10.1. The first-order valence-electron chi connectivity index (χ1n) is 9.69. The molecule has 0 fully saturated rings. The number of ether oxygens (including phenoxy) is 1. The van der Waals surface area contributed by atoms with E-state index in [1.165, 1.54) is 6.08 Å². The lowest BCUT2D eigenvalue weighted by molar-refractivity contribution is -0.116. The number of halogens is 1. The average Bonchev–Trinajstić information content (AvgIpc) is 2.70. The van der Waals surface area contributed by atoms with Gasteiger partial charge in [-0.2, -0.15) is 0 Å². The highest BCUT2D eigenvalue weighted by atomic mass is 35.5. The molecule has 0 radical (unpaired) electrons. The molecule has 3 amide bonds. The minimum absolute atomic E-state index is 0.210. The monoisotopic (exact) mass is 443 g/mol. The van der Waals surface area contributed by atoms with Crippen LogP contribution in [0.3, 0.4) is 0 Å². The standard InChI is InChI=1S/C23H26ClN3O4/c1-23(2,3)31-22(30)26-15-21(29)27-19-11-7-5-9-17(19)14-25-20(28)13-12-16-8-4-6-10-18(16)24/h4-13H,14-15H2,1-3H3,(H,25,28)(H,26,30)(H,27,29)/b13-12+. The molecule has 2 aromatic rings. The summed E-state index contributed by atoms with van der Waals surface area (Å²) < 4.78 is 5.10. The normalized spacial score (nSPS) is 11.1. The maximum Gasteiger partial charge on any atom is 0.408 e. The zero-order valence-corrected chi connectivity index (χ0v) is 18.5. The van der Waals surface area contributed by atoms with E-state index in [0.717, 1.165) is 5.56 Å². The van der Waals surface area contributed by atoms with Crippen molar-refractivity contribution in [2.45, 2.75) is 32.9 Å². The van der Waals surface area contributed by atoms with E-state index in [0.29, 0.717) is 16.3 Å². The molecule has 0 bridgehead atoms. The molecule has 164 valence electrons. The topological polar surface area (TPSA) is 96.5 Å². The van der Waals surface area contributed by atoms with Gasteiger partial charge in [-0.15, -0.1) is 0 Å². The number of carbonyl (C=O) groups excluding carboxylic acids is 3. The first-order valence-corrected chi connectivity index (χ1v) is 10.1. The molecule has 2 aromatic carbocycles. The number of para-hydroxylation sites is 1. The van der Waals surface area contributed by atoms with Crippen LogP contribution >= 0.6 is 11.6 Å². The highest BCUT2D eigenvalue weighted by molar-refractivity contribution is 6.32. The molecular formula is C23H26ClN3O4. The van der Waals surface area contributed by atoms with Gasteiger partial charge >= 0.3 is 6.09 Å². The molecule has 0 atom stereocenters. The molecule has 0 saturated carbocycles. The van der Waals surface area contributed by atoms with Crippen molar-refractivity contribution in [3.05, 3.63) is 70.8 Å². The van der Waals surface area contributed by atoms with Crippen LogP contribution in [0.25, 0.3) is 6.08 Å². The Morgan fingerprint density at radius 3 is 2.39 bits per heavy atom. The molecule has 0 saturated heterocycles. The lowest BCUT2D eigenvalue weighted by Gasteiger charge is -2.19. The first-order chi connectivity index (χ1) is 14.6. The van der Waals surface area contributed by atoms with E-state index in [4.69, 9.17) is 16.3 Å². The number of hydrogen-bond acceptors (Lipinski definition) is 4. The third kappa shape index (κ3) is 8.92. The quantitative estimate of drug-likeness (QED) is 0.560. The first kappa shape index (κ1) is 24.0. The minimum Gasteiger partial charge on any atom is -0.444 e. The van der Waals surface area contributed by atoms with Crippen LogP contribution < -0.4 is 16.0 Å². The van der Waals surface area contributed by atoms with E-state index in [1.54, 1.807) is 57.2 Å². The van der Waals surface area contributed by atoms with Gasteiger partial charge in [0.25, 0.3) is 0 Å². The fourth-order valence-corrected chi connectivity index (χ4v) is 2.67. The molecule has 0 spiro atoms. The summed E-state index contributed by atoms with van der Waals surface area (Å²) in [6.45, 7) is 5.18. The number of amides is 3. The minimum atomic E-state index is -0.673. The highest BCUT2D eigenvalue weighted by Crippen LogP contribution is 2.17. The smallest absolute Gasteiger partial charge is 0.408 e. The average molecular weight is 444 g/mol. The number of carbonyl (C=O) groups is 3. The van der Waals surface area contributed by atoms with Crippen molar-refractivity contribution < 1.29 is 19.1 Å². The van der Waals surface area contributed by atoms with E-state index in [9.17, 15) is 14.4 Å². The Balaban J connectivity index is 1.88. The highest BCUT2D eigenvalue weighted by Gasteiger charge is 2.17. The van der Waals surface area contributed by atoms with E-state index in [1.807, 2.05) is 18.2 Å². The molecule has 0 aliphatic rings. The van der Waals surface area contributed by atoms with Gasteiger partial charge < -0.3 is 20.7 Å². The molecule has 0 aliphatic heterocycles. The predicted octanol–water partition coefficient (Wildman–Crippen LogP) is 4.13. The van der Waals surface area contributed by atoms with Crippen LogP contribution in [0.2, 0.25) is 5.02 Å². The number of anilines is 1. The Hall–Kier alpha value is -3.32. The van der Waals surface area contributed by atoms with E-state index in [2.05, 4.69) is 16.0 Å².